The van der Waals surface area contributed by atoms with E-state index in [1.165, 1.54) is 11.3 Å². The van der Waals surface area contributed by atoms with Crippen LogP contribution in [0.1, 0.15) is 31.2 Å². The Morgan fingerprint density at radius 1 is 1.36 bits per heavy atom. The molecule has 2 N–H and O–H groups in total. The lowest BCUT2D eigenvalue weighted by atomic mass is 9.84. The van der Waals surface area contributed by atoms with Crippen molar-refractivity contribution in [3.63, 3.8) is 0 Å². The molecule has 4 rings (SSSR count). The van der Waals surface area contributed by atoms with Crippen molar-refractivity contribution in [3.05, 3.63) is 42.4 Å². The third-order valence-electron chi connectivity index (χ3n) is 5.51. The van der Waals surface area contributed by atoms with Crippen molar-refractivity contribution in [2.24, 2.45) is 0 Å². The molecule has 3 heterocycles. The lowest BCUT2D eigenvalue weighted by molar-refractivity contribution is -0.380. The fourth-order valence-corrected chi connectivity index (χ4v) is 3.95. The fraction of sp³-hybridized carbons (Fsp3) is 0.400. The molecular weight excluding hydrogens is 312 g/mol. The maximum atomic E-state index is 5.42. The molecule has 1 saturated heterocycles. The van der Waals surface area contributed by atoms with Gasteiger partial charge in [-0.05, 0) is 56.4 Å². The molecule has 1 aromatic carbocycles. The number of H-pyrrole nitrogens is 2. The van der Waals surface area contributed by atoms with Gasteiger partial charge in [0.25, 0.3) is 6.33 Å². The molecule has 25 heavy (non-hydrogen) atoms. The van der Waals surface area contributed by atoms with Crippen molar-refractivity contribution in [1.82, 2.24) is 14.9 Å². The second-order valence-corrected chi connectivity index (χ2v) is 7.03. The standard InChI is InChI=1S/C20H24N4O/c1-13-9-14(7-8-24(13)2)18-19(15-5-4-6-16(10-15)25-3)23-17-11-21-12-22-20(17)18/h4-6,10-14,23H,7-9H2,1-3H3/p+1. The molecule has 2 atom stereocenters. The highest BCUT2D eigenvalue weighted by atomic mass is 16.5. The minimum absolute atomic E-state index is 0.510. The number of hydrogen-bond acceptors (Lipinski definition) is 3. The Bertz CT molecular complexity index is 888. The van der Waals surface area contributed by atoms with Crippen LogP contribution in [0.25, 0.3) is 22.3 Å². The molecule has 5 nitrogen and oxygen atoms in total. The maximum Gasteiger partial charge on any atom is 0.284 e. The third-order valence-corrected chi connectivity index (χ3v) is 5.51. The Morgan fingerprint density at radius 2 is 2.24 bits per heavy atom. The van der Waals surface area contributed by atoms with Crippen molar-refractivity contribution in [1.29, 1.82) is 0 Å². The molecule has 1 aliphatic heterocycles. The van der Waals surface area contributed by atoms with Crippen LogP contribution in [0.4, 0.5) is 0 Å². The van der Waals surface area contributed by atoms with E-state index in [-0.39, 0.29) is 0 Å². The van der Waals surface area contributed by atoms with Crippen molar-refractivity contribution >= 4 is 11.0 Å². The second-order valence-electron chi connectivity index (χ2n) is 7.03. The Hall–Kier alpha value is -2.40. The predicted molar refractivity (Wildman–Crippen MR) is 98.7 cm³/mol. The van der Waals surface area contributed by atoms with Gasteiger partial charge in [-0.1, -0.05) is 12.1 Å². The molecule has 0 spiro atoms. The molecule has 5 heteroatoms. The maximum absolute atomic E-state index is 5.42. The van der Waals surface area contributed by atoms with Gasteiger partial charge >= 0.3 is 0 Å². The van der Waals surface area contributed by atoms with Crippen LogP contribution in [-0.2, 0) is 0 Å². The van der Waals surface area contributed by atoms with Gasteiger partial charge < -0.3 is 14.6 Å². The summed E-state index contributed by atoms with van der Waals surface area (Å²) in [6.45, 7) is 3.43. The molecule has 1 aliphatic rings. The van der Waals surface area contributed by atoms with E-state index in [1.54, 1.807) is 13.4 Å². The molecule has 2 unspecified atom stereocenters. The molecule has 3 aromatic rings. The lowest BCUT2D eigenvalue weighted by Crippen LogP contribution is -2.37. The number of hydrogen-bond donors (Lipinski definition) is 1. The Balaban J connectivity index is 1.86. The average molecular weight is 337 g/mol. The van der Waals surface area contributed by atoms with Gasteiger partial charge in [0.05, 0.1) is 12.8 Å². The van der Waals surface area contributed by atoms with Crippen molar-refractivity contribution in [2.75, 3.05) is 20.7 Å². The predicted octanol–water partition coefficient (Wildman–Crippen LogP) is 3.25. The van der Waals surface area contributed by atoms with Gasteiger partial charge in [0.1, 0.15) is 17.5 Å². The highest BCUT2D eigenvalue weighted by Gasteiger charge is 2.30. The first kappa shape index (κ1) is 16.1. The van der Waals surface area contributed by atoms with Gasteiger partial charge in [0.15, 0.2) is 0 Å². The number of nitrogens with one attached hydrogen (secondary N) is 2. The number of aromatic amines is 2. The summed E-state index contributed by atoms with van der Waals surface area (Å²) < 4.78 is 5.42. The highest BCUT2D eigenvalue weighted by Crippen LogP contribution is 2.40. The highest BCUT2D eigenvalue weighted by molar-refractivity contribution is 5.87. The summed E-state index contributed by atoms with van der Waals surface area (Å²) in [7, 11) is 3.92. The van der Waals surface area contributed by atoms with E-state index in [2.05, 4.69) is 46.0 Å². The molecule has 0 radical (unpaired) electrons. The van der Waals surface area contributed by atoms with Crippen LogP contribution in [0.3, 0.4) is 0 Å². The zero-order valence-electron chi connectivity index (χ0n) is 15.0. The van der Waals surface area contributed by atoms with Gasteiger partial charge in [-0.2, -0.15) is 0 Å². The summed E-state index contributed by atoms with van der Waals surface area (Å²) in [6, 6.07) is 8.84. The number of nitrogens with zero attached hydrogens (tertiary/aromatic N) is 2. The van der Waals surface area contributed by atoms with Crippen molar-refractivity contribution < 1.29 is 9.72 Å². The van der Waals surface area contributed by atoms with E-state index in [1.807, 2.05) is 18.3 Å². The van der Waals surface area contributed by atoms with E-state index >= 15 is 0 Å². The number of rotatable bonds is 3. The molecule has 0 bridgehead atoms. The van der Waals surface area contributed by atoms with Crippen LogP contribution in [0.2, 0.25) is 0 Å². The summed E-state index contributed by atoms with van der Waals surface area (Å²) in [5.74, 6) is 1.38. The third kappa shape index (κ3) is 2.89. The summed E-state index contributed by atoms with van der Waals surface area (Å²) >= 11 is 0. The van der Waals surface area contributed by atoms with Crippen LogP contribution in [0.5, 0.6) is 5.75 Å². The minimum atomic E-state index is 0.510. The molecule has 1 fully saturated rings. The van der Waals surface area contributed by atoms with Crippen LogP contribution < -0.4 is 9.72 Å². The van der Waals surface area contributed by atoms with Gasteiger partial charge in [0, 0.05) is 17.2 Å². The molecule has 0 aliphatic carbocycles. The molecule has 0 saturated carbocycles. The van der Waals surface area contributed by atoms with E-state index in [9.17, 15) is 0 Å². The molecule has 2 aromatic heterocycles. The Labute approximate surface area is 148 Å². The van der Waals surface area contributed by atoms with Gasteiger partial charge in [-0.15, -0.1) is 0 Å². The van der Waals surface area contributed by atoms with E-state index < -0.39 is 0 Å². The number of likely N-dealkylation sites (tertiary alicyclic amines) is 1. The van der Waals surface area contributed by atoms with Crippen LogP contribution in [0, 0.1) is 0 Å². The minimum Gasteiger partial charge on any atom is -0.497 e. The topological polar surface area (TPSA) is 55.3 Å². The first-order chi connectivity index (χ1) is 12.2. The average Bonchev–Trinajstić information content (AvgIpc) is 3.03. The number of piperidine rings is 1. The number of ether oxygens (including phenoxy) is 1. The summed E-state index contributed by atoms with van der Waals surface area (Å²) in [5, 5.41) is 0. The zero-order valence-corrected chi connectivity index (χ0v) is 15.0. The SMILES string of the molecule is COc1cccc(-c2[nH]c3c[nH+]cnc3c2C2CCN(C)C(C)C2)c1. The van der Waals surface area contributed by atoms with Crippen molar-refractivity contribution in [2.45, 2.75) is 31.7 Å². The number of aromatic nitrogens is 3. The lowest BCUT2D eigenvalue weighted by Gasteiger charge is -2.35. The smallest absolute Gasteiger partial charge is 0.284 e. The van der Waals surface area contributed by atoms with E-state index in [0.29, 0.717) is 12.0 Å². The normalized spacial score (nSPS) is 21.6. The van der Waals surface area contributed by atoms with Crippen LogP contribution >= 0.6 is 0 Å². The van der Waals surface area contributed by atoms with Crippen molar-refractivity contribution in [3.8, 4) is 17.0 Å². The van der Waals surface area contributed by atoms with E-state index in [0.717, 1.165) is 41.7 Å². The van der Waals surface area contributed by atoms with Crippen LogP contribution in [0.15, 0.2) is 36.8 Å². The molecule has 130 valence electrons. The first-order valence-electron chi connectivity index (χ1n) is 8.89. The Kier molecular flexibility index (Phi) is 4.17. The monoisotopic (exact) mass is 337 g/mol. The van der Waals surface area contributed by atoms with Gasteiger partial charge in [0.2, 0.25) is 5.52 Å². The summed E-state index contributed by atoms with van der Waals surface area (Å²) in [6.07, 6.45) is 6.08. The zero-order chi connectivity index (χ0) is 17.4. The second kappa shape index (κ2) is 6.48. The quantitative estimate of drug-likeness (QED) is 0.798. The van der Waals surface area contributed by atoms with E-state index in [4.69, 9.17) is 4.74 Å². The number of benzene rings is 1. The summed E-state index contributed by atoms with van der Waals surface area (Å²) in [5.41, 5.74) is 5.80. The molecular formula is C20H25N4O+. The van der Waals surface area contributed by atoms with Gasteiger partial charge in [-0.25, -0.2) is 4.98 Å². The number of fused-ring (bicyclic) bond motifs is 1. The fourth-order valence-electron chi connectivity index (χ4n) is 3.95. The van der Waals surface area contributed by atoms with Crippen LogP contribution in [-0.4, -0.2) is 41.6 Å². The largest absolute Gasteiger partial charge is 0.497 e. The first-order valence-corrected chi connectivity index (χ1v) is 8.89. The summed E-state index contributed by atoms with van der Waals surface area (Å²) in [4.78, 5) is 13.8. The molecule has 0 amide bonds. The van der Waals surface area contributed by atoms with Gasteiger partial charge in [-0.3, -0.25) is 0 Å². The number of methoxy groups -OCH3 is 1. The Morgan fingerprint density at radius 3 is 3.04 bits per heavy atom.